The minimum atomic E-state index is 0.713. The predicted octanol–water partition coefficient (Wildman–Crippen LogP) is 2.83. The number of aromatic nitrogens is 2. The highest BCUT2D eigenvalue weighted by Gasteiger charge is 2.20. The fourth-order valence-corrected chi connectivity index (χ4v) is 4.06. The molecule has 4 rings (SSSR count). The third kappa shape index (κ3) is 4.14. The Kier molecular flexibility index (Phi) is 5.39. The highest BCUT2D eigenvalue weighted by Crippen LogP contribution is 2.22. The third-order valence-corrected chi connectivity index (χ3v) is 5.65. The second-order valence-corrected chi connectivity index (χ2v) is 7.38. The number of rotatable bonds is 4. The molecule has 0 aliphatic carbocycles. The third-order valence-electron chi connectivity index (χ3n) is 4.72. The summed E-state index contributed by atoms with van der Waals surface area (Å²) in [5.74, 6) is 0.952. The van der Waals surface area contributed by atoms with Crippen molar-refractivity contribution in [1.82, 2.24) is 20.0 Å². The molecule has 140 valence electrons. The monoisotopic (exact) mass is 380 g/mol. The first kappa shape index (κ1) is 17.6. The van der Waals surface area contributed by atoms with Crippen LogP contribution in [0.3, 0.4) is 0 Å². The van der Waals surface area contributed by atoms with Gasteiger partial charge in [-0.15, -0.1) is 11.3 Å². The van der Waals surface area contributed by atoms with E-state index in [0.29, 0.717) is 6.54 Å². The number of benzene rings is 1. The van der Waals surface area contributed by atoms with Gasteiger partial charge in [0.2, 0.25) is 0 Å². The van der Waals surface area contributed by atoms with E-state index < -0.39 is 0 Å². The molecule has 1 aromatic carbocycles. The topological polar surface area (TPSA) is 48.7 Å². The molecule has 0 bridgehead atoms. The average Bonchev–Trinajstić information content (AvgIpc) is 3.42. The normalized spacial score (nSPS) is 15.2. The van der Waals surface area contributed by atoms with Crippen LogP contribution >= 0.6 is 11.3 Å². The van der Waals surface area contributed by atoms with Gasteiger partial charge in [0.25, 0.3) is 0 Å². The van der Waals surface area contributed by atoms with Crippen LogP contribution in [0.1, 0.15) is 5.56 Å². The van der Waals surface area contributed by atoms with Crippen molar-refractivity contribution < 1.29 is 0 Å². The lowest BCUT2D eigenvalue weighted by atomic mass is 10.3. The van der Waals surface area contributed by atoms with Crippen molar-refractivity contribution in [1.29, 1.82) is 0 Å². The molecule has 0 atom stereocenters. The molecule has 7 heteroatoms. The van der Waals surface area contributed by atoms with Crippen LogP contribution in [0.15, 0.2) is 65.2 Å². The maximum absolute atomic E-state index is 4.47. The molecule has 1 aliphatic rings. The summed E-state index contributed by atoms with van der Waals surface area (Å²) in [5.41, 5.74) is 2.20. The van der Waals surface area contributed by atoms with Crippen molar-refractivity contribution >= 4 is 22.3 Å². The maximum Gasteiger partial charge on any atom is 0.194 e. The fourth-order valence-electron chi connectivity index (χ4n) is 3.28. The van der Waals surface area contributed by atoms with E-state index in [0.717, 1.165) is 43.4 Å². The van der Waals surface area contributed by atoms with E-state index in [9.17, 15) is 0 Å². The molecule has 2 aromatic heterocycles. The van der Waals surface area contributed by atoms with Crippen LogP contribution in [-0.2, 0) is 6.54 Å². The van der Waals surface area contributed by atoms with Gasteiger partial charge in [-0.05, 0) is 29.6 Å². The Labute approximate surface area is 163 Å². The lowest BCUT2D eigenvalue weighted by Gasteiger charge is -2.37. The molecule has 1 aliphatic heterocycles. The van der Waals surface area contributed by atoms with E-state index >= 15 is 0 Å². The Hall–Kier alpha value is -2.80. The largest absolute Gasteiger partial charge is 0.360 e. The van der Waals surface area contributed by atoms with Crippen molar-refractivity contribution in [2.75, 3.05) is 38.1 Å². The van der Waals surface area contributed by atoms with E-state index in [1.165, 1.54) is 5.00 Å². The van der Waals surface area contributed by atoms with Crippen LogP contribution < -0.4 is 10.2 Å². The summed E-state index contributed by atoms with van der Waals surface area (Å²) in [5, 5.41) is 11.4. The second-order valence-electron chi connectivity index (χ2n) is 6.45. The first-order chi connectivity index (χ1) is 13.3. The quantitative estimate of drug-likeness (QED) is 0.559. The van der Waals surface area contributed by atoms with Gasteiger partial charge in [-0.25, -0.2) is 4.68 Å². The first-order valence-electron chi connectivity index (χ1n) is 9.16. The van der Waals surface area contributed by atoms with Gasteiger partial charge < -0.3 is 15.1 Å². The Balaban J connectivity index is 1.32. The highest BCUT2D eigenvalue weighted by molar-refractivity contribution is 7.14. The van der Waals surface area contributed by atoms with E-state index in [1.807, 2.05) is 36.1 Å². The molecule has 0 amide bonds. The van der Waals surface area contributed by atoms with Crippen LogP contribution in [0.2, 0.25) is 0 Å². The van der Waals surface area contributed by atoms with Crippen LogP contribution in [0.4, 0.5) is 5.00 Å². The highest BCUT2D eigenvalue weighted by atomic mass is 32.1. The van der Waals surface area contributed by atoms with Crippen LogP contribution in [0, 0.1) is 0 Å². The van der Waals surface area contributed by atoms with Crippen molar-refractivity contribution in [3.63, 3.8) is 0 Å². The van der Waals surface area contributed by atoms with Gasteiger partial charge >= 0.3 is 0 Å². The van der Waals surface area contributed by atoms with E-state index in [1.54, 1.807) is 11.3 Å². The number of thiophene rings is 1. The summed E-state index contributed by atoms with van der Waals surface area (Å²) in [7, 11) is 1.85. The number of guanidine groups is 1. The molecular weight excluding hydrogens is 356 g/mol. The standard InChI is InChI=1S/C20H24N6S/c1-21-20(25-11-9-24(10-12-25)19-8-5-13-27-19)22-14-17-15-23-26(16-17)18-6-3-2-4-7-18/h2-8,13,15-16H,9-12,14H2,1H3,(H,21,22). The van der Waals surface area contributed by atoms with Gasteiger partial charge in [-0.3, -0.25) is 4.99 Å². The maximum atomic E-state index is 4.47. The molecule has 0 radical (unpaired) electrons. The van der Waals surface area contributed by atoms with E-state index in [4.69, 9.17) is 0 Å². The Morgan fingerprint density at radius 3 is 2.63 bits per heavy atom. The van der Waals surface area contributed by atoms with Crippen molar-refractivity contribution in [3.05, 3.63) is 65.8 Å². The van der Waals surface area contributed by atoms with Crippen molar-refractivity contribution in [2.45, 2.75) is 6.54 Å². The van der Waals surface area contributed by atoms with Crippen LogP contribution in [-0.4, -0.2) is 53.9 Å². The fraction of sp³-hybridized carbons (Fsp3) is 0.300. The van der Waals surface area contributed by atoms with Gasteiger partial charge in [-0.1, -0.05) is 18.2 Å². The van der Waals surface area contributed by atoms with Crippen LogP contribution in [0.25, 0.3) is 5.69 Å². The van der Waals surface area contributed by atoms with Gasteiger partial charge in [0.05, 0.1) is 16.9 Å². The number of para-hydroxylation sites is 1. The van der Waals surface area contributed by atoms with E-state index in [2.05, 4.69) is 61.1 Å². The number of anilines is 1. The molecule has 0 saturated carbocycles. The Morgan fingerprint density at radius 2 is 1.93 bits per heavy atom. The van der Waals surface area contributed by atoms with Gasteiger partial charge in [0.15, 0.2) is 5.96 Å². The molecule has 27 heavy (non-hydrogen) atoms. The van der Waals surface area contributed by atoms with Crippen molar-refractivity contribution in [2.24, 2.45) is 4.99 Å². The van der Waals surface area contributed by atoms with Crippen molar-refractivity contribution in [3.8, 4) is 5.69 Å². The van der Waals surface area contributed by atoms with Gasteiger partial charge in [0.1, 0.15) is 0 Å². The first-order valence-corrected chi connectivity index (χ1v) is 10.0. The summed E-state index contributed by atoms with van der Waals surface area (Å²) in [6, 6.07) is 14.5. The lowest BCUT2D eigenvalue weighted by molar-refractivity contribution is 0.373. The molecule has 3 heterocycles. The Bertz CT molecular complexity index is 863. The zero-order valence-electron chi connectivity index (χ0n) is 15.5. The molecule has 1 N–H and O–H groups in total. The molecule has 1 fully saturated rings. The average molecular weight is 381 g/mol. The second kappa shape index (κ2) is 8.26. The number of hydrogen-bond donors (Lipinski definition) is 1. The summed E-state index contributed by atoms with van der Waals surface area (Å²) in [6.45, 7) is 4.70. The SMILES string of the molecule is CN=C(NCc1cnn(-c2ccccc2)c1)N1CCN(c2cccs2)CC1. The molecule has 0 spiro atoms. The summed E-state index contributed by atoms with van der Waals surface area (Å²) in [6.07, 6.45) is 3.96. The predicted molar refractivity (Wildman–Crippen MR) is 112 cm³/mol. The lowest BCUT2D eigenvalue weighted by Crippen LogP contribution is -2.52. The smallest absolute Gasteiger partial charge is 0.194 e. The number of aliphatic imine (C=N–C) groups is 1. The molecule has 6 nitrogen and oxygen atoms in total. The van der Waals surface area contributed by atoms with Gasteiger partial charge in [0, 0.05) is 51.5 Å². The molecule has 3 aromatic rings. The number of nitrogens with one attached hydrogen (secondary N) is 1. The van der Waals surface area contributed by atoms with E-state index in [-0.39, 0.29) is 0 Å². The number of piperazine rings is 1. The summed E-state index contributed by atoms with van der Waals surface area (Å²) in [4.78, 5) is 9.24. The minimum absolute atomic E-state index is 0.713. The zero-order chi connectivity index (χ0) is 18.5. The molecule has 0 unspecified atom stereocenters. The summed E-state index contributed by atoms with van der Waals surface area (Å²) < 4.78 is 1.90. The summed E-state index contributed by atoms with van der Waals surface area (Å²) >= 11 is 1.81. The van der Waals surface area contributed by atoms with Gasteiger partial charge in [-0.2, -0.15) is 5.10 Å². The van der Waals surface area contributed by atoms with Crippen LogP contribution in [0.5, 0.6) is 0 Å². The number of hydrogen-bond acceptors (Lipinski definition) is 4. The molecule has 1 saturated heterocycles. The number of nitrogens with zero attached hydrogens (tertiary/aromatic N) is 5. The Morgan fingerprint density at radius 1 is 1.11 bits per heavy atom. The molecular formula is C20H24N6S. The minimum Gasteiger partial charge on any atom is -0.360 e. The zero-order valence-corrected chi connectivity index (χ0v) is 16.3.